The smallest absolute Gasteiger partial charge is 0.273 e. The second kappa shape index (κ2) is 5.49. The number of thioether (sulfide) groups is 1. The maximum absolute atomic E-state index is 11.5. The first kappa shape index (κ1) is 15.2. The van der Waals surface area contributed by atoms with E-state index >= 15 is 0 Å². The average molecular weight is 342 g/mol. The minimum Gasteiger partial charge on any atom is -0.491 e. The van der Waals surface area contributed by atoms with Gasteiger partial charge in [-0.3, -0.25) is 4.79 Å². The van der Waals surface area contributed by atoms with Crippen LogP contribution in [0.15, 0.2) is 39.9 Å². The lowest BCUT2D eigenvalue weighted by Crippen LogP contribution is -2.49. The molecule has 9 heteroatoms. The molecule has 22 heavy (non-hydrogen) atoms. The number of fused-ring (bicyclic) bond motifs is 1. The number of aliphatic hydroxyl groups excluding tert-OH is 1. The Morgan fingerprint density at radius 3 is 2.86 bits per heavy atom. The van der Waals surface area contributed by atoms with Gasteiger partial charge in [-0.15, -0.1) is 11.8 Å². The summed E-state index contributed by atoms with van der Waals surface area (Å²) in [5, 5.41) is 14.6. The number of aliphatic hydroxyl groups is 1. The molecule has 7 nitrogen and oxygen atoms in total. The van der Waals surface area contributed by atoms with E-state index in [4.69, 9.17) is 4.74 Å². The Kier molecular flexibility index (Phi) is 3.79. The first-order valence-corrected chi connectivity index (χ1v) is 9.20. The standard InChI is InChI=1S/C13H14N2O5S2/c1-22(18,19)7-2-3-10-9(4-7)20-6-11(21-10)8-5-14-12(16)13(17)15-8/h2-5,11,13,15,17H,6H2,1H3,(H,14,16)/t11-,13?/m0/s1. The van der Waals surface area contributed by atoms with E-state index in [0.717, 1.165) is 11.2 Å². The van der Waals surface area contributed by atoms with Gasteiger partial charge in [0.05, 0.1) is 15.0 Å². The fourth-order valence-corrected chi connectivity index (χ4v) is 3.84. The molecule has 1 unspecified atom stereocenters. The predicted octanol–water partition coefficient (Wildman–Crippen LogP) is -0.178. The fraction of sp³-hybridized carbons (Fsp3) is 0.308. The molecule has 0 aromatic heterocycles. The van der Waals surface area contributed by atoms with Crippen LogP contribution in [-0.4, -0.2) is 43.8 Å². The molecule has 0 fully saturated rings. The highest BCUT2D eigenvalue weighted by Crippen LogP contribution is 2.40. The highest BCUT2D eigenvalue weighted by molar-refractivity contribution is 8.00. The number of benzene rings is 1. The zero-order chi connectivity index (χ0) is 15.9. The van der Waals surface area contributed by atoms with Gasteiger partial charge in [0, 0.05) is 18.2 Å². The second-order valence-electron chi connectivity index (χ2n) is 4.95. The van der Waals surface area contributed by atoms with E-state index in [1.54, 1.807) is 6.07 Å². The minimum atomic E-state index is -3.28. The van der Waals surface area contributed by atoms with Crippen LogP contribution in [0.5, 0.6) is 5.75 Å². The molecular weight excluding hydrogens is 328 g/mol. The van der Waals surface area contributed by atoms with E-state index in [1.807, 2.05) is 0 Å². The average Bonchev–Trinajstić information content (AvgIpc) is 2.48. The molecular formula is C13H14N2O5S2. The molecule has 0 saturated carbocycles. The fourth-order valence-electron chi connectivity index (χ4n) is 2.11. The van der Waals surface area contributed by atoms with Crippen LogP contribution in [0.4, 0.5) is 0 Å². The maximum atomic E-state index is 11.5. The lowest BCUT2D eigenvalue weighted by molar-refractivity contribution is -0.130. The largest absolute Gasteiger partial charge is 0.491 e. The summed E-state index contributed by atoms with van der Waals surface area (Å²) >= 11 is 1.47. The lowest BCUT2D eigenvalue weighted by Gasteiger charge is -2.30. The van der Waals surface area contributed by atoms with Gasteiger partial charge < -0.3 is 20.5 Å². The summed E-state index contributed by atoms with van der Waals surface area (Å²) in [6.07, 6.45) is 1.37. The van der Waals surface area contributed by atoms with E-state index < -0.39 is 22.0 Å². The summed E-state index contributed by atoms with van der Waals surface area (Å²) in [4.78, 5) is 12.2. The van der Waals surface area contributed by atoms with Gasteiger partial charge in [0.25, 0.3) is 5.91 Å². The van der Waals surface area contributed by atoms with Crippen molar-refractivity contribution in [2.45, 2.75) is 21.3 Å². The summed E-state index contributed by atoms with van der Waals surface area (Å²) in [6.45, 7) is 0.298. The number of carbonyl (C=O) groups is 1. The van der Waals surface area contributed by atoms with Crippen LogP contribution in [0.25, 0.3) is 0 Å². The van der Waals surface area contributed by atoms with Crippen molar-refractivity contribution in [3.05, 3.63) is 30.1 Å². The van der Waals surface area contributed by atoms with Crippen LogP contribution in [0.2, 0.25) is 0 Å². The molecule has 2 heterocycles. The Bertz CT molecular complexity index is 760. The van der Waals surface area contributed by atoms with Gasteiger partial charge >= 0.3 is 0 Å². The van der Waals surface area contributed by atoms with Crippen LogP contribution < -0.4 is 15.4 Å². The Labute approximate surface area is 131 Å². The molecule has 0 spiro atoms. The number of hydrogen-bond acceptors (Lipinski definition) is 7. The van der Waals surface area contributed by atoms with Crippen molar-refractivity contribution in [1.82, 2.24) is 10.6 Å². The second-order valence-corrected chi connectivity index (χ2v) is 8.21. The van der Waals surface area contributed by atoms with Gasteiger partial charge in [-0.05, 0) is 18.2 Å². The monoisotopic (exact) mass is 342 g/mol. The van der Waals surface area contributed by atoms with E-state index in [9.17, 15) is 18.3 Å². The number of ether oxygens (including phenoxy) is 1. The molecule has 1 amide bonds. The first-order chi connectivity index (χ1) is 10.3. The Morgan fingerprint density at radius 1 is 1.41 bits per heavy atom. The van der Waals surface area contributed by atoms with Crippen molar-refractivity contribution in [2.24, 2.45) is 0 Å². The number of carbonyl (C=O) groups excluding carboxylic acids is 1. The lowest BCUT2D eigenvalue weighted by atomic mass is 10.2. The SMILES string of the molecule is CS(=O)(=O)c1ccc2c(c1)OC[C@@H](C1=CNC(=O)C(O)N1)S2. The third-order valence-electron chi connectivity index (χ3n) is 3.27. The van der Waals surface area contributed by atoms with Gasteiger partial charge in [0.2, 0.25) is 6.23 Å². The summed E-state index contributed by atoms with van der Waals surface area (Å²) in [5.74, 6) is 0.00819. The van der Waals surface area contributed by atoms with Gasteiger partial charge in [0.1, 0.15) is 12.4 Å². The summed E-state index contributed by atoms with van der Waals surface area (Å²) in [7, 11) is -3.28. The molecule has 2 atom stereocenters. The molecule has 0 bridgehead atoms. The highest BCUT2D eigenvalue weighted by Gasteiger charge is 2.29. The quantitative estimate of drug-likeness (QED) is 0.685. The molecule has 0 aliphatic carbocycles. The van der Waals surface area contributed by atoms with Gasteiger partial charge in [0.15, 0.2) is 9.84 Å². The van der Waals surface area contributed by atoms with E-state index in [2.05, 4.69) is 10.6 Å². The van der Waals surface area contributed by atoms with Gasteiger partial charge in [-0.2, -0.15) is 0 Å². The van der Waals surface area contributed by atoms with Crippen molar-refractivity contribution < 1.29 is 23.1 Å². The van der Waals surface area contributed by atoms with Gasteiger partial charge in [-0.1, -0.05) is 0 Å². The summed E-state index contributed by atoms with van der Waals surface area (Å²) in [5.41, 5.74) is 0.648. The predicted molar refractivity (Wildman–Crippen MR) is 80.1 cm³/mol. The van der Waals surface area contributed by atoms with Crippen LogP contribution >= 0.6 is 11.8 Å². The topological polar surface area (TPSA) is 105 Å². The number of amides is 1. The molecule has 0 radical (unpaired) electrons. The molecule has 1 aromatic carbocycles. The number of rotatable bonds is 2. The highest BCUT2D eigenvalue weighted by atomic mass is 32.2. The van der Waals surface area contributed by atoms with Crippen LogP contribution in [0, 0.1) is 0 Å². The van der Waals surface area contributed by atoms with E-state index in [-0.39, 0.29) is 10.1 Å². The molecule has 1 aromatic rings. The Morgan fingerprint density at radius 2 is 2.18 bits per heavy atom. The normalized spacial score (nSPS) is 24.5. The van der Waals surface area contributed by atoms with Crippen LogP contribution in [0.3, 0.4) is 0 Å². The van der Waals surface area contributed by atoms with E-state index in [1.165, 1.54) is 30.1 Å². The van der Waals surface area contributed by atoms with Crippen molar-refractivity contribution in [3.63, 3.8) is 0 Å². The Hall–Kier alpha value is -1.71. The number of hydrogen-bond donors (Lipinski definition) is 3. The first-order valence-electron chi connectivity index (χ1n) is 6.43. The number of sulfone groups is 1. The molecule has 3 N–H and O–H groups in total. The molecule has 3 rings (SSSR count). The maximum Gasteiger partial charge on any atom is 0.273 e. The van der Waals surface area contributed by atoms with Crippen LogP contribution in [-0.2, 0) is 14.6 Å². The van der Waals surface area contributed by atoms with E-state index in [0.29, 0.717) is 18.1 Å². The van der Waals surface area contributed by atoms with Gasteiger partial charge in [-0.25, -0.2) is 8.42 Å². The van der Waals surface area contributed by atoms with Crippen molar-refractivity contribution in [1.29, 1.82) is 0 Å². The summed E-state index contributed by atoms with van der Waals surface area (Å²) < 4.78 is 28.7. The third-order valence-corrected chi connectivity index (χ3v) is 5.65. The minimum absolute atomic E-state index is 0.133. The van der Waals surface area contributed by atoms with Crippen molar-refractivity contribution in [3.8, 4) is 5.75 Å². The number of nitrogens with one attached hydrogen (secondary N) is 2. The Balaban J connectivity index is 1.82. The molecule has 0 saturated heterocycles. The summed E-state index contributed by atoms with van der Waals surface area (Å²) in [6, 6.07) is 4.74. The zero-order valence-electron chi connectivity index (χ0n) is 11.6. The molecule has 2 aliphatic heterocycles. The van der Waals surface area contributed by atoms with Crippen molar-refractivity contribution >= 4 is 27.5 Å². The molecule has 2 aliphatic rings. The molecule has 118 valence electrons. The van der Waals surface area contributed by atoms with Crippen LogP contribution in [0.1, 0.15) is 0 Å². The third kappa shape index (κ3) is 2.92. The van der Waals surface area contributed by atoms with Crippen molar-refractivity contribution in [2.75, 3.05) is 12.9 Å². The zero-order valence-corrected chi connectivity index (χ0v) is 13.2.